The number of amides is 2. The van der Waals surface area contributed by atoms with Crippen molar-refractivity contribution in [2.75, 3.05) is 19.8 Å². The second-order valence-corrected chi connectivity index (χ2v) is 4.59. The van der Waals surface area contributed by atoms with E-state index in [1.807, 2.05) is 6.92 Å². The van der Waals surface area contributed by atoms with E-state index in [-0.39, 0.29) is 23.9 Å². The molecule has 1 aliphatic carbocycles. The zero-order chi connectivity index (χ0) is 12.3. The number of likely N-dealkylation sites (tertiary alicyclic amines) is 1. The van der Waals surface area contributed by atoms with E-state index in [0.29, 0.717) is 13.0 Å². The van der Waals surface area contributed by atoms with E-state index in [9.17, 15) is 9.59 Å². The van der Waals surface area contributed by atoms with Crippen molar-refractivity contribution < 1.29 is 14.3 Å². The van der Waals surface area contributed by atoms with Crippen molar-refractivity contribution in [2.24, 2.45) is 0 Å². The molecule has 5 heteroatoms. The molecule has 5 nitrogen and oxygen atoms in total. The van der Waals surface area contributed by atoms with Crippen molar-refractivity contribution >= 4 is 11.8 Å². The van der Waals surface area contributed by atoms with E-state index in [0.717, 1.165) is 32.4 Å². The zero-order valence-electron chi connectivity index (χ0n) is 10.3. The van der Waals surface area contributed by atoms with E-state index >= 15 is 0 Å². The molecule has 1 saturated carbocycles. The molecule has 1 heterocycles. The molecule has 2 amide bonds. The van der Waals surface area contributed by atoms with Crippen LogP contribution in [0.25, 0.3) is 0 Å². The number of carbonyl (C=O) groups excluding carboxylic acids is 2. The van der Waals surface area contributed by atoms with Crippen molar-refractivity contribution in [3.8, 4) is 0 Å². The second kappa shape index (κ2) is 5.60. The van der Waals surface area contributed by atoms with E-state index in [1.165, 1.54) is 4.90 Å². The largest absolute Gasteiger partial charge is 0.382 e. The van der Waals surface area contributed by atoms with Crippen molar-refractivity contribution in [3.05, 3.63) is 0 Å². The number of nitrogens with one attached hydrogen (secondary N) is 1. The number of hydrogen-bond donors (Lipinski definition) is 1. The number of imide groups is 1. The van der Waals surface area contributed by atoms with Crippen molar-refractivity contribution in [3.63, 3.8) is 0 Å². The van der Waals surface area contributed by atoms with E-state index in [2.05, 4.69) is 5.32 Å². The van der Waals surface area contributed by atoms with E-state index < -0.39 is 0 Å². The molecule has 1 aliphatic heterocycles. The Balaban J connectivity index is 1.71. The molecule has 1 N–H and O–H groups in total. The Kier molecular flexibility index (Phi) is 4.12. The number of carbonyl (C=O) groups is 2. The summed E-state index contributed by atoms with van der Waals surface area (Å²) in [6.45, 7) is 4.10. The second-order valence-electron chi connectivity index (χ2n) is 4.59. The first-order valence-corrected chi connectivity index (χ1v) is 6.41. The van der Waals surface area contributed by atoms with Crippen molar-refractivity contribution in [2.45, 2.75) is 44.7 Å². The summed E-state index contributed by atoms with van der Waals surface area (Å²) in [6.07, 6.45) is 3.16. The first-order chi connectivity index (χ1) is 8.24. The van der Waals surface area contributed by atoms with Gasteiger partial charge in [0.25, 0.3) is 0 Å². The molecule has 0 aromatic carbocycles. The summed E-state index contributed by atoms with van der Waals surface area (Å²) in [5.41, 5.74) is 0. The Morgan fingerprint density at radius 2 is 2.18 bits per heavy atom. The summed E-state index contributed by atoms with van der Waals surface area (Å²) in [5, 5.41) is 3.14. The lowest BCUT2D eigenvalue weighted by atomic mass is 10.2. The minimum Gasteiger partial charge on any atom is -0.382 e. The van der Waals surface area contributed by atoms with Crippen LogP contribution in [0.1, 0.15) is 32.6 Å². The van der Waals surface area contributed by atoms with Crippen LogP contribution in [-0.2, 0) is 14.3 Å². The van der Waals surface area contributed by atoms with Gasteiger partial charge >= 0.3 is 0 Å². The fraction of sp³-hybridized carbons (Fsp3) is 0.833. The van der Waals surface area contributed by atoms with Gasteiger partial charge in [0.05, 0.1) is 12.5 Å². The minimum atomic E-state index is -0.301. The van der Waals surface area contributed by atoms with Crippen LogP contribution < -0.4 is 5.32 Å². The van der Waals surface area contributed by atoms with Crippen molar-refractivity contribution in [1.82, 2.24) is 10.2 Å². The van der Waals surface area contributed by atoms with Crippen LogP contribution in [0.3, 0.4) is 0 Å². The Hall–Kier alpha value is -0.940. The molecule has 2 rings (SSSR count). The predicted molar refractivity (Wildman–Crippen MR) is 62.4 cm³/mol. The number of nitrogens with zero attached hydrogens (tertiary/aromatic N) is 1. The highest BCUT2D eigenvalue weighted by Crippen LogP contribution is 2.31. The minimum absolute atomic E-state index is 0.0141. The fourth-order valence-corrected chi connectivity index (χ4v) is 2.12. The Morgan fingerprint density at radius 1 is 1.41 bits per heavy atom. The SMILES string of the molecule is CCOCCCNC1CC(=O)N(C2CC2)C1=O. The topological polar surface area (TPSA) is 58.6 Å². The average Bonchev–Trinajstić information content (AvgIpc) is 3.08. The van der Waals surface area contributed by atoms with E-state index in [1.54, 1.807) is 0 Å². The molecule has 0 radical (unpaired) electrons. The van der Waals surface area contributed by atoms with Crippen LogP contribution in [0.15, 0.2) is 0 Å². The summed E-state index contributed by atoms with van der Waals surface area (Å²) in [5.74, 6) is -0.0475. The molecule has 2 fully saturated rings. The van der Waals surface area contributed by atoms with Gasteiger partial charge < -0.3 is 10.1 Å². The van der Waals surface area contributed by atoms with Gasteiger partial charge in [-0.05, 0) is 32.7 Å². The molecule has 17 heavy (non-hydrogen) atoms. The molecule has 2 aliphatic rings. The average molecular weight is 240 g/mol. The smallest absolute Gasteiger partial charge is 0.247 e. The molecular formula is C12H20N2O3. The van der Waals surface area contributed by atoms with Crippen LogP contribution in [0, 0.1) is 0 Å². The van der Waals surface area contributed by atoms with Gasteiger partial charge in [0.15, 0.2) is 0 Å². The molecule has 96 valence electrons. The molecule has 1 saturated heterocycles. The number of ether oxygens (including phenoxy) is 1. The lowest BCUT2D eigenvalue weighted by Gasteiger charge is -2.14. The molecule has 0 bridgehead atoms. The number of rotatable bonds is 7. The zero-order valence-corrected chi connectivity index (χ0v) is 10.3. The maximum Gasteiger partial charge on any atom is 0.247 e. The standard InChI is InChI=1S/C12H20N2O3/c1-2-17-7-3-6-13-10-8-11(15)14(12(10)16)9-4-5-9/h9-10,13H,2-8H2,1H3. The Labute approximate surface area is 101 Å². The summed E-state index contributed by atoms with van der Waals surface area (Å²) >= 11 is 0. The maximum absolute atomic E-state index is 11.9. The third-order valence-electron chi connectivity index (χ3n) is 3.16. The Bertz CT molecular complexity index is 302. The molecule has 0 aromatic heterocycles. The molecule has 0 spiro atoms. The predicted octanol–water partition coefficient (Wildman–Crippen LogP) is 0.293. The highest BCUT2D eigenvalue weighted by molar-refractivity contribution is 6.06. The van der Waals surface area contributed by atoms with Gasteiger partial charge in [0.1, 0.15) is 0 Å². The first kappa shape index (κ1) is 12.5. The summed E-state index contributed by atoms with van der Waals surface area (Å²) < 4.78 is 5.21. The fourth-order valence-electron chi connectivity index (χ4n) is 2.12. The van der Waals surface area contributed by atoms with E-state index in [4.69, 9.17) is 4.74 Å². The van der Waals surface area contributed by atoms with Gasteiger partial charge in [-0.1, -0.05) is 0 Å². The Morgan fingerprint density at radius 3 is 2.82 bits per heavy atom. The van der Waals surface area contributed by atoms with Crippen LogP contribution in [0.5, 0.6) is 0 Å². The van der Waals surface area contributed by atoms with Crippen LogP contribution in [0.4, 0.5) is 0 Å². The van der Waals surface area contributed by atoms with Gasteiger partial charge in [0, 0.05) is 19.3 Å². The van der Waals surface area contributed by atoms with Gasteiger partial charge in [0.2, 0.25) is 11.8 Å². The lowest BCUT2D eigenvalue weighted by molar-refractivity contribution is -0.139. The lowest BCUT2D eigenvalue weighted by Crippen LogP contribution is -2.40. The van der Waals surface area contributed by atoms with Gasteiger partial charge in [-0.3, -0.25) is 14.5 Å². The molecular weight excluding hydrogens is 220 g/mol. The van der Waals surface area contributed by atoms with Crippen LogP contribution >= 0.6 is 0 Å². The summed E-state index contributed by atoms with van der Waals surface area (Å²) in [4.78, 5) is 25.0. The number of hydrogen-bond acceptors (Lipinski definition) is 4. The summed E-state index contributed by atoms with van der Waals surface area (Å²) in [7, 11) is 0. The van der Waals surface area contributed by atoms with Crippen molar-refractivity contribution in [1.29, 1.82) is 0 Å². The maximum atomic E-state index is 11.9. The van der Waals surface area contributed by atoms with Gasteiger partial charge in [-0.2, -0.15) is 0 Å². The molecule has 1 atom stereocenters. The third kappa shape index (κ3) is 3.04. The van der Waals surface area contributed by atoms with Crippen LogP contribution in [0.2, 0.25) is 0 Å². The normalized spacial score (nSPS) is 24.8. The monoisotopic (exact) mass is 240 g/mol. The summed E-state index contributed by atoms with van der Waals surface area (Å²) in [6, 6.07) is -0.102. The quantitative estimate of drug-likeness (QED) is 0.513. The van der Waals surface area contributed by atoms with Gasteiger partial charge in [-0.25, -0.2) is 0 Å². The van der Waals surface area contributed by atoms with Gasteiger partial charge in [-0.15, -0.1) is 0 Å². The third-order valence-corrected chi connectivity index (χ3v) is 3.16. The first-order valence-electron chi connectivity index (χ1n) is 6.41. The highest BCUT2D eigenvalue weighted by atomic mass is 16.5. The van der Waals surface area contributed by atoms with Crippen LogP contribution in [-0.4, -0.2) is 48.6 Å². The molecule has 1 unspecified atom stereocenters. The molecule has 0 aromatic rings. The highest BCUT2D eigenvalue weighted by Gasteiger charge is 2.45.